The minimum absolute atomic E-state index is 0.158. The van der Waals surface area contributed by atoms with E-state index in [0.717, 1.165) is 0 Å². The van der Waals surface area contributed by atoms with Crippen LogP contribution >= 0.6 is 11.8 Å². The van der Waals surface area contributed by atoms with E-state index < -0.39 is 31.3 Å². The third kappa shape index (κ3) is 10.2. The second-order valence-corrected chi connectivity index (χ2v) is 4.61. The van der Waals surface area contributed by atoms with Gasteiger partial charge in [0.15, 0.2) is 0 Å². The van der Waals surface area contributed by atoms with Gasteiger partial charge in [-0.15, -0.1) is 6.58 Å². The van der Waals surface area contributed by atoms with Crippen molar-refractivity contribution in [1.82, 2.24) is 10.2 Å². The van der Waals surface area contributed by atoms with Crippen LogP contribution in [0.5, 0.6) is 0 Å². The third-order valence-electron chi connectivity index (χ3n) is 1.74. The van der Waals surface area contributed by atoms with Crippen LogP contribution in [-0.2, 0) is 4.79 Å². The van der Waals surface area contributed by atoms with Gasteiger partial charge in [0.05, 0.1) is 0 Å². The van der Waals surface area contributed by atoms with Crippen molar-refractivity contribution < 1.29 is 27.9 Å². The molecule has 0 saturated heterocycles. The number of carboxylic acids is 1. The van der Waals surface area contributed by atoms with Crippen molar-refractivity contribution in [3.63, 3.8) is 0 Å². The average Bonchev–Trinajstić information content (AvgIpc) is 2.25. The van der Waals surface area contributed by atoms with Crippen LogP contribution in [0.2, 0.25) is 0 Å². The van der Waals surface area contributed by atoms with Crippen molar-refractivity contribution >= 4 is 23.8 Å². The van der Waals surface area contributed by atoms with Crippen molar-refractivity contribution in [3.8, 4) is 0 Å². The molecule has 0 aliphatic heterocycles. The Labute approximate surface area is 112 Å². The fourth-order valence-corrected chi connectivity index (χ4v) is 1.67. The molecule has 0 bridgehead atoms. The summed E-state index contributed by atoms with van der Waals surface area (Å²) in [5, 5.41) is 10.7. The average molecular weight is 300 g/mol. The summed E-state index contributed by atoms with van der Waals surface area (Å²) in [4.78, 5) is 22.0. The van der Waals surface area contributed by atoms with Gasteiger partial charge >= 0.3 is 18.2 Å². The van der Waals surface area contributed by atoms with Crippen LogP contribution in [0.25, 0.3) is 0 Å². The summed E-state index contributed by atoms with van der Waals surface area (Å²) >= 11 is 1.44. The molecular weight excluding hydrogens is 285 g/mol. The lowest BCUT2D eigenvalue weighted by molar-refractivity contribution is -0.148. The molecule has 9 heteroatoms. The predicted molar refractivity (Wildman–Crippen MR) is 66.2 cm³/mol. The number of rotatable bonds is 8. The molecular formula is C10H15F3N2O3S. The minimum Gasteiger partial charge on any atom is -0.480 e. The fourth-order valence-electron chi connectivity index (χ4n) is 1.09. The predicted octanol–water partition coefficient (Wildman–Crippen LogP) is 1.56. The van der Waals surface area contributed by atoms with E-state index in [-0.39, 0.29) is 11.4 Å². The zero-order chi connectivity index (χ0) is 14.9. The van der Waals surface area contributed by atoms with Gasteiger partial charge in [0.25, 0.3) is 0 Å². The number of amides is 2. The van der Waals surface area contributed by atoms with Crippen LogP contribution in [0.15, 0.2) is 12.7 Å². The van der Waals surface area contributed by atoms with E-state index >= 15 is 0 Å². The first-order chi connectivity index (χ1) is 8.76. The molecule has 110 valence electrons. The maximum Gasteiger partial charge on any atom is 0.406 e. The standard InChI is InChI=1S/C10H15F3N2O3S/c1-2-4-19-5-3-14-9(18)15(6-8(16)17)7-10(11,12)13/h2H,1,3-7H2,(H,14,18)(H,16,17). The van der Waals surface area contributed by atoms with Crippen molar-refractivity contribution in [1.29, 1.82) is 0 Å². The smallest absolute Gasteiger partial charge is 0.406 e. The van der Waals surface area contributed by atoms with Gasteiger partial charge in [0.1, 0.15) is 13.1 Å². The molecule has 0 unspecified atom stereocenters. The Hall–Kier alpha value is -1.38. The fraction of sp³-hybridized carbons (Fsp3) is 0.600. The quantitative estimate of drug-likeness (QED) is 0.527. The highest BCUT2D eigenvalue weighted by Crippen LogP contribution is 2.16. The first-order valence-corrected chi connectivity index (χ1v) is 6.41. The molecule has 5 nitrogen and oxygen atoms in total. The minimum atomic E-state index is -4.63. The van der Waals surface area contributed by atoms with Crippen molar-refractivity contribution in [3.05, 3.63) is 12.7 Å². The molecule has 0 fully saturated rings. The molecule has 0 aromatic heterocycles. The topological polar surface area (TPSA) is 69.6 Å². The summed E-state index contributed by atoms with van der Waals surface area (Å²) in [5.74, 6) is -0.331. The molecule has 0 spiro atoms. The van der Waals surface area contributed by atoms with Crippen LogP contribution in [0.1, 0.15) is 0 Å². The highest BCUT2D eigenvalue weighted by Gasteiger charge is 2.33. The third-order valence-corrected chi connectivity index (χ3v) is 2.71. The molecule has 0 aromatic rings. The number of hydrogen-bond acceptors (Lipinski definition) is 3. The lowest BCUT2D eigenvalue weighted by Crippen LogP contribution is -2.47. The summed E-state index contributed by atoms with van der Waals surface area (Å²) in [6.07, 6.45) is -2.97. The number of aliphatic carboxylic acids is 1. The molecule has 0 aliphatic rings. The SMILES string of the molecule is C=CCSCCNC(=O)N(CC(=O)O)CC(F)(F)F. The van der Waals surface area contributed by atoms with Gasteiger partial charge in [0.2, 0.25) is 0 Å². The Kier molecular flexibility index (Phi) is 8.05. The van der Waals surface area contributed by atoms with Gasteiger partial charge in [-0.1, -0.05) is 6.08 Å². The van der Waals surface area contributed by atoms with Crippen LogP contribution < -0.4 is 5.32 Å². The van der Waals surface area contributed by atoms with Gasteiger partial charge in [-0.25, -0.2) is 4.79 Å². The molecule has 0 aromatic carbocycles. The van der Waals surface area contributed by atoms with Gasteiger partial charge in [-0.2, -0.15) is 24.9 Å². The van der Waals surface area contributed by atoms with Crippen molar-refractivity contribution in [2.24, 2.45) is 0 Å². The second kappa shape index (κ2) is 8.68. The van der Waals surface area contributed by atoms with Crippen molar-refractivity contribution in [2.75, 3.05) is 31.1 Å². The number of urea groups is 1. The second-order valence-electron chi connectivity index (χ2n) is 3.46. The van der Waals surface area contributed by atoms with E-state index in [1.165, 1.54) is 11.8 Å². The van der Waals surface area contributed by atoms with E-state index in [1.54, 1.807) is 6.08 Å². The largest absolute Gasteiger partial charge is 0.480 e. The molecule has 2 amide bonds. The number of nitrogens with one attached hydrogen (secondary N) is 1. The van der Waals surface area contributed by atoms with E-state index in [9.17, 15) is 22.8 Å². The van der Waals surface area contributed by atoms with Crippen LogP contribution in [-0.4, -0.2) is 59.3 Å². The maximum absolute atomic E-state index is 12.2. The van der Waals surface area contributed by atoms with E-state index in [4.69, 9.17) is 5.11 Å². The number of hydrogen-bond donors (Lipinski definition) is 2. The van der Waals surface area contributed by atoms with Gasteiger partial charge in [-0.05, 0) is 0 Å². The van der Waals surface area contributed by atoms with Gasteiger partial charge < -0.3 is 15.3 Å². The Morgan fingerprint density at radius 1 is 1.42 bits per heavy atom. The summed E-state index contributed by atoms with van der Waals surface area (Å²) in [5.41, 5.74) is 0. The van der Waals surface area contributed by atoms with Crippen LogP contribution in [0, 0.1) is 0 Å². The highest BCUT2D eigenvalue weighted by molar-refractivity contribution is 7.99. The Morgan fingerprint density at radius 2 is 2.05 bits per heavy atom. The lowest BCUT2D eigenvalue weighted by Gasteiger charge is -2.22. The number of nitrogens with zero attached hydrogens (tertiary/aromatic N) is 1. The molecule has 0 aliphatic carbocycles. The van der Waals surface area contributed by atoms with E-state index in [1.807, 2.05) is 0 Å². The highest BCUT2D eigenvalue weighted by atomic mass is 32.2. The van der Waals surface area contributed by atoms with Gasteiger partial charge in [-0.3, -0.25) is 4.79 Å². The number of carboxylic acid groups (broad SMARTS) is 1. The zero-order valence-electron chi connectivity index (χ0n) is 10.1. The lowest BCUT2D eigenvalue weighted by atomic mass is 10.4. The molecule has 0 atom stereocenters. The number of thioether (sulfide) groups is 1. The number of alkyl halides is 3. The summed E-state index contributed by atoms with van der Waals surface area (Å²) in [7, 11) is 0. The first-order valence-electron chi connectivity index (χ1n) is 5.26. The molecule has 0 saturated carbocycles. The number of halogens is 3. The molecule has 0 radical (unpaired) electrons. The Morgan fingerprint density at radius 3 is 2.53 bits per heavy atom. The van der Waals surface area contributed by atoms with E-state index in [2.05, 4.69) is 11.9 Å². The number of carbonyl (C=O) groups is 2. The molecule has 19 heavy (non-hydrogen) atoms. The summed E-state index contributed by atoms with van der Waals surface area (Å²) in [6.45, 7) is 1.06. The van der Waals surface area contributed by atoms with Crippen molar-refractivity contribution in [2.45, 2.75) is 6.18 Å². The Bertz CT molecular complexity index is 324. The summed E-state index contributed by atoms with van der Waals surface area (Å²) < 4.78 is 36.5. The van der Waals surface area contributed by atoms with Crippen LogP contribution in [0.4, 0.5) is 18.0 Å². The molecule has 0 rings (SSSR count). The number of carbonyl (C=O) groups excluding carboxylic acids is 1. The normalized spacial score (nSPS) is 10.9. The summed E-state index contributed by atoms with van der Waals surface area (Å²) in [6, 6.07) is -1.04. The maximum atomic E-state index is 12.2. The van der Waals surface area contributed by atoms with Gasteiger partial charge in [0, 0.05) is 18.1 Å². The Balaban J connectivity index is 4.22. The molecule has 0 heterocycles. The van der Waals surface area contributed by atoms with E-state index in [0.29, 0.717) is 11.5 Å². The molecule has 2 N–H and O–H groups in total. The first kappa shape index (κ1) is 17.6. The van der Waals surface area contributed by atoms with Crippen LogP contribution in [0.3, 0.4) is 0 Å². The monoisotopic (exact) mass is 300 g/mol. The zero-order valence-corrected chi connectivity index (χ0v) is 10.9.